The van der Waals surface area contributed by atoms with Gasteiger partial charge in [0.25, 0.3) is 0 Å². The molecule has 15 heteroatoms. The molecule has 3 unspecified atom stereocenters. The third-order valence-corrected chi connectivity index (χ3v) is 16.2. The number of esters is 6. The largest absolute Gasteiger partial charge is 0.497 e. The number of hydrogen-bond donors (Lipinski definition) is 0. The summed E-state index contributed by atoms with van der Waals surface area (Å²) in [6.45, 7) is 0. The molecule has 0 saturated carbocycles. The molecule has 0 radical (unpaired) electrons. The van der Waals surface area contributed by atoms with Gasteiger partial charge < -0.3 is 42.6 Å². The number of hydrogen-bond acceptors (Lipinski definition) is 15. The minimum Gasteiger partial charge on any atom is -0.497 e. The maximum atomic E-state index is 14.4. The number of ether oxygens (including phenoxy) is 9. The van der Waals surface area contributed by atoms with Crippen LogP contribution in [0.1, 0.15) is 149 Å². The molecule has 0 fully saturated rings. The topological polar surface area (TPSA) is 185 Å². The number of carbonyl (C=O) groups excluding carboxylic acids is 6. The zero-order valence-corrected chi connectivity index (χ0v) is 55.0. The predicted molar refractivity (Wildman–Crippen MR) is 373 cm³/mol. The molecule has 0 amide bonds. The molecule has 0 N–H and O–H groups in total. The van der Waals surface area contributed by atoms with Crippen molar-refractivity contribution in [1.29, 1.82) is 0 Å². The molecular weight excluding hydrogens is 1250 g/mol. The van der Waals surface area contributed by atoms with Crippen LogP contribution in [-0.4, -0.2) is 78.5 Å². The SMILES string of the molecule is COC(=O)c1ccc(C#CCC(c2ccc(OC)cc2)c2ccc(OC(=O)c3cc(C(=O)Oc4ccc(C(CC#Cc5ccc(C(=O)OC)cc5)c5ccc(OC)cc5)cc4)cc(C(=O)Oc4ccc(C(CC#Cc5ccc(C(=O)OC)cc5)c5ccc(OC)cc5)cc4)c3)cc2)cc1. The molecule has 0 saturated heterocycles. The number of rotatable bonds is 21. The zero-order chi connectivity index (χ0) is 69.6. The first kappa shape index (κ1) is 68.9. The maximum Gasteiger partial charge on any atom is 0.343 e. The van der Waals surface area contributed by atoms with E-state index in [9.17, 15) is 28.8 Å². The Bertz CT molecular complexity index is 4210. The molecule has 0 aliphatic heterocycles. The maximum absolute atomic E-state index is 14.4. The van der Waals surface area contributed by atoms with E-state index in [1.807, 2.05) is 109 Å². The summed E-state index contributed by atoms with van der Waals surface area (Å²) < 4.78 is 48.7. The van der Waals surface area contributed by atoms with Gasteiger partial charge >= 0.3 is 35.8 Å². The van der Waals surface area contributed by atoms with Crippen molar-refractivity contribution in [3.63, 3.8) is 0 Å². The molecular formula is C84H66O15. The minimum absolute atomic E-state index is 0.150. The van der Waals surface area contributed by atoms with E-state index in [-0.39, 0.29) is 51.7 Å². The molecule has 0 aliphatic carbocycles. The second-order valence-corrected chi connectivity index (χ2v) is 22.4. The van der Waals surface area contributed by atoms with Crippen molar-refractivity contribution in [2.24, 2.45) is 0 Å². The van der Waals surface area contributed by atoms with Gasteiger partial charge in [-0.1, -0.05) is 108 Å². The lowest BCUT2D eigenvalue weighted by Gasteiger charge is -2.17. The highest BCUT2D eigenvalue weighted by Crippen LogP contribution is 2.35. The highest BCUT2D eigenvalue weighted by Gasteiger charge is 2.23. The monoisotopic (exact) mass is 1310 g/mol. The summed E-state index contributed by atoms with van der Waals surface area (Å²) >= 11 is 0. The van der Waals surface area contributed by atoms with E-state index in [1.54, 1.807) is 131 Å². The Kier molecular flexibility index (Phi) is 23.3. The Morgan fingerprint density at radius 2 is 0.455 bits per heavy atom. The van der Waals surface area contributed by atoms with Crippen molar-refractivity contribution in [2.45, 2.75) is 37.0 Å². The highest BCUT2D eigenvalue weighted by atomic mass is 16.6. The zero-order valence-electron chi connectivity index (χ0n) is 55.0. The predicted octanol–water partition coefficient (Wildman–Crippen LogP) is 15.5. The molecule has 3 atom stereocenters. The second kappa shape index (κ2) is 33.5. The third-order valence-electron chi connectivity index (χ3n) is 16.2. The molecule has 10 aromatic carbocycles. The van der Waals surface area contributed by atoms with Crippen molar-refractivity contribution in [3.8, 4) is 70.0 Å². The summed E-state index contributed by atoms with van der Waals surface area (Å²) in [5.74, 6) is 17.4. The fourth-order valence-electron chi connectivity index (χ4n) is 10.8. The fraction of sp³-hybridized carbons (Fsp3) is 0.143. The van der Waals surface area contributed by atoms with Gasteiger partial charge in [-0.2, -0.15) is 0 Å². The molecule has 0 aromatic heterocycles. The van der Waals surface area contributed by atoms with Gasteiger partial charge in [-0.3, -0.25) is 0 Å². The number of benzene rings is 10. The van der Waals surface area contributed by atoms with E-state index in [0.29, 0.717) is 69.9 Å². The second-order valence-electron chi connectivity index (χ2n) is 22.4. The van der Waals surface area contributed by atoms with E-state index in [1.165, 1.54) is 39.5 Å². The average molecular weight is 1320 g/mol. The van der Waals surface area contributed by atoms with Crippen LogP contribution >= 0.6 is 0 Å². The van der Waals surface area contributed by atoms with Crippen molar-refractivity contribution in [2.75, 3.05) is 42.7 Å². The molecule has 10 rings (SSSR count). The lowest BCUT2D eigenvalue weighted by atomic mass is 9.88. The van der Waals surface area contributed by atoms with Gasteiger partial charge in [0.05, 0.1) is 76.0 Å². The molecule has 15 nitrogen and oxygen atoms in total. The first-order valence-electron chi connectivity index (χ1n) is 31.3. The first-order chi connectivity index (χ1) is 48.2. The normalized spacial score (nSPS) is 11.3. The molecule has 0 spiro atoms. The van der Waals surface area contributed by atoms with Gasteiger partial charge in [-0.05, 0) is 197 Å². The Morgan fingerprint density at radius 1 is 0.253 bits per heavy atom. The van der Waals surface area contributed by atoms with Gasteiger partial charge in [0.2, 0.25) is 0 Å². The van der Waals surface area contributed by atoms with Gasteiger partial charge in [-0.25, -0.2) is 28.8 Å². The Hall–Kier alpha value is -12.9. The summed E-state index contributed by atoms with van der Waals surface area (Å²) in [6.07, 6.45) is 1.20. The summed E-state index contributed by atoms with van der Waals surface area (Å²) in [5, 5.41) is 0. The molecule has 0 bridgehead atoms. The van der Waals surface area contributed by atoms with Gasteiger partial charge in [0.1, 0.15) is 34.5 Å². The summed E-state index contributed by atoms with van der Waals surface area (Å²) in [6, 6.07) is 68.3. The molecule has 492 valence electrons. The molecule has 0 heterocycles. The fourth-order valence-corrected chi connectivity index (χ4v) is 10.8. The number of methoxy groups -OCH3 is 6. The van der Waals surface area contributed by atoms with Crippen molar-refractivity contribution in [3.05, 3.63) is 320 Å². The average Bonchev–Trinajstić information content (AvgIpc) is 1.06. The van der Waals surface area contributed by atoms with Crippen LogP contribution in [0.2, 0.25) is 0 Å². The lowest BCUT2D eigenvalue weighted by Crippen LogP contribution is -2.17. The van der Waals surface area contributed by atoms with Crippen LogP contribution in [0.4, 0.5) is 0 Å². The van der Waals surface area contributed by atoms with Crippen LogP contribution in [0.3, 0.4) is 0 Å². The summed E-state index contributed by atoms with van der Waals surface area (Å²) in [4.78, 5) is 79.3. The van der Waals surface area contributed by atoms with E-state index in [2.05, 4.69) is 35.5 Å². The Balaban J connectivity index is 0.915. The first-order valence-corrected chi connectivity index (χ1v) is 31.3. The lowest BCUT2D eigenvalue weighted by molar-refractivity contribution is 0.0592. The van der Waals surface area contributed by atoms with Gasteiger partial charge in [-0.15, -0.1) is 0 Å². The van der Waals surface area contributed by atoms with Crippen LogP contribution in [0, 0.1) is 35.5 Å². The van der Waals surface area contributed by atoms with E-state index in [0.717, 1.165) is 33.4 Å². The quantitative estimate of drug-likeness (QED) is 0.0286. The van der Waals surface area contributed by atoms with Crippen molar-refractivity contribution in [1.82, 2.24) is 0 Å². The highest BCUT2D eigenvalue weighted by molar-refractivity contribution is 6.02. The van der Waals surface area contributed by atoms with Crippen LogP contribution < -0.4 is 28.4 Å². The minimum atomic E-state index is -0.882. The Morgan fingerprint density at radius 3 is 0.646 bits per heavy atom. The smallest absolute Gasteiger partial charge is 0.343 e. The standard InChI is InChI=1S/C84H66O15/c1-91-70-40-28-58(29-41-70)76(13-7-10-55-16-22-64(23-17-55)79(85)94-4)61-34-46-73(47-35-61)97-82(88)67-52-68(83(89)98-74-48-36-62(37-49-74)77(59-30-42-71(92-2)43-31-59)14-8-11-56-18-24-65(25-19-56)80(86)95-5)54-69(53-67)84(90)99-75-50-38-63(39-51-75)78(60-32-44-72(93-3)45-33-60)15-9-12-57-20-26-66(27-21-57)81(87)96-6/h16-54,76-78H,13-15H2,1-6H3. The summed E-state index contributed by atoms with van der Waals surface area (Å²) in [7, 11) is 8.76. The molecule has 99 heavy (non-hydrogen) atoms. The van der Waals surface area contributed by atoms with Crippen molar-refractivity contribution >= 4 is 35.8 Å². The number of carbonyl (C=O) groups is 6. The van der Waals surface area contributed by atoms with Gasteiger partial charge in [0.15, 0.2) is 0 Å². The van der Waals surface area contributed by atoms with Crippen LogP contribution in [0.15, 0.2) is 237 Å². The van der Waals surface area contributed by atoms with Crippen LogP contribution in [0.5, 0.6) is 34.5 Å². The molecule has 0 aliphatic rings. The van der Waals surface area contributed by atoms with E-state index >= 15 is 0 Å². The van der Waals surface area contributed by atoms with Crippen LogP contribution in [0.25, 0.3) is 0 Å². The van der Waals surface area contributed by atoms with E-state index in [4.69, 9.17) is 42.6 Å². The Labute approximate surface area is 574 Å². The summed E-state index contributed by atoms with van der Waals surface area (Å²) in [5.41, 5.74) is 8.37. The third kappa shape index (κ3) is 18.3. The van der Waals surface area contributed by atoms with Gasteiger partial charge in [0, 0.05) is 53.7 Å². The molecule has 10 aromatic rings. The van der Waals surface area contributed by atoms with Crippen LogP contribution in [-0.2, 0) is 14.2 Å². The van der Waals surface area contributed by atoms with Crippen molar-refractivity contribution < 1.29 is 71.4 Å². The van der Waals surface area contributed by atoms with E-state index < -0.39 is 35.8 Å².